The standard InChI is InChI=1S/C19H23N3O4S/c1-14-2-8-17(9-3-14)27(24,25)22-16-6-4-15(5-7-16)21-18(23)19(20)10-12-26-13-11-19/h2-9,22H,10-13,20H2,1H3,(H,21,23). The van der Waals surface area contributed by atoms with Crippen LogP contribution in [0.15, 0.2) is 53.4 Å². The zero-order valence-electron chi connectivity index (χ0n) is 15.1. The Morgan fingerprint density at radius 1 is 1.00 bits per heavy atom. The molecule has 8 heteroatoms. The molecule has 2 aromatic rings. The van der Waals surface area contributed by atoms with E-state index in [0.29, 0.717) is 37.4 Å². The van der Waals surface area contributed by atoms with Gasteiger partial charge in [-0.15, -0.1) is 0 Å². The Morgan fingerprint density at radius 3 is 2.15 bits per heavy atom. The van der Waals surface area contributed by atoms with Crippen molar-refractivity contribution in [2.24, 2.45) is 5.73 Å². The maximum Gasteiger partial charge on any atom is 0.261 e. The van der Waals surface area contributed by atoms with Gasteiger partial charge in [0.1, 0.15) is 5.54 Å². The second-order valence-corrected chi connectivity index (χ2v) is 8.40. The van der Waals surface area contributed by atoms with Gasteiger partial charge in [0.25, 0.3) is 10.0 Å². The van der Waals surface area contributed by atoms with Gasteiger partial charge in [0.05, 0.1) is 4.90 Å². The monoisotopic (exact) mass is 389 g/mol. The Bertz CT molecular complexity index is 903. The van der Waals surface area contributed by atoms with Crippen molar-refractivity contribution in [3.05, 3.63) is 54.1 Å². The smallest absolute Gasteiger partial charge is 0.261 e. The summed E-state index contributed by atoms with van der Waals surface area (Å²) in [6, 6.07) is 13.0. The van der Waals surface area contributed by atoms with Gasteiger partial charge in [-0.05, 0) is 56.2 Å². The Kier molecular flexibility index (Phi) is 5.50. The molecule has 1 fully saturated rings. The van der Waals surface area contributed by atoms with Crippen molar-refractivity contribution in [2.45, 2.75) is 30.2 Å². The lowest BCUT2D eigenvalue weighted by Gasteiger charge is -2.31. The molecule has 0 unspecified atom stereocenters. The summed E-state index contributed by atoms with van der Waals surface area (Å²) in [5, 5.41) is 2.78. The molecular weight excluding hydrogens is 366 g/mol. The van der Waals surface area contributed by atoms with Crippen LogP contribution in [0.3, 0.4) is 0 Å². The first-order valence-electron chi connectivity index (χ1n) is 8.66. The maximum absolute atomic E-state index is 12.4. The summed E-state index contributed by atoms with van der Waals surface area (Å²) in [5.41, 5.74) is 7.15. The fraction of sp³-hybridized carbons (Fsp3) is 0.316. The molecule has 0 aliphatic carbocycles. The molecule has 0 spiro atoms. The van der Waals surface area contributed by atoms with E-state index in [2.05, 4.69) is 10.0 Å². The summed E-state index contributed by atoms with van der Waals surface area (Å²) in [4.78, 5) is 12.6. The minimum absolute atomic E-state index is 0.190. The lowest BCUT2D eigenvalue weighted by Crippen LogP contribution is -2.54. The van der Waals surface area contributed by atoms with Gasteiger partial charge in [0.2, 0.25) is 5.91 Å². The van der Waals surface area contributed by atoms with Crippen molar-refractivity contribution in [1.29, 1.82) is 0 Å². The molecule has 2 aromatic carbocycles. The normalized spacial score (nSPS) is 16.5. The van der Waals surface area contributed by atoms with Crippen LogP contribution in [0.5, 0.6) is 0 Å². The zero-order valence-corrected chi connectivity index (χ0v) is 15.9. The van der Waals surface area contributed by atoms with Crippen LogP contribution in [0, 0.1) is 6.92 Å². The molecule has 3 rings (SSSR count). The number of amides is 1. The van der Waals surface area contributed by atoms with E-state index in [1.807, 2.05) is 6.92 Å². The molecule has 0 bridgehead atoms. The highest BCUT2D eigenvalue weighted by Gasteiger charge is 2.35. The highest BCUT2D eigenvalue weighted by atomic mass is 32.2. The first-order valence-corrected chi connectivity index (χ1v) is 10.1. The number of nitrogens with one attached hydrogen (secondary N) is 2. The summed E-state index contributed by atoms with van der Waals surface area (Å²) in [5.74, 6) is -0.265. The Morgan fingerprint density at radius 2 is 1.56 bits per heavy atom. The second-order valence-electron chi connectivity index (χ2n) is 6.72. The number of ether oxygens (including phenoxy) is 1. The van der Waals surface area contributed by atoms with E-state index in [1.54, 1.807) is 48.5 Å². The predicted octanol–water partition coefficient (Wildman–Crippen LogP) is 2.24. The summed E-state index contributed by atoms with van der Waals surface area (Å²) in [6.45, 7) is 2.82. The van der Waals surface area contributed by atoms with E-state index in [1.165, 1.54) is 0 Å². The summed E-state index contributed by atoms with van der Waals surface area (Å²) >= 11 is 0. The molecule has 1 aliphatic rings. The number of nitrogens with two attached hydrogens (primary N) is 1. The van der Waals surface area contributed by atoms with Crippen molar-refractivity contribution in [3.8, 4) is 0 Å². The quantitative estimate of drug-likeness (QED) is 0.726. The van der Waals surface area contributed by atoms with E-state index >= 15 is 0 Å². The summed E-state index contributed by atoms with van der Waals surface area (Å²) in [6.07, 6.45) is 0.931. The van der Waals surface area contributed by atoms with Crippen LogP contribution in [-0.4, -0.2) is 33.1 Å². The molecule has 7 nitrogen and oxygen atoms in total. The molecule has 0 aromatic heterocycles. The van der Waals surface area contributed by atoms with Gasteiger partial charge in [-0.1, -0.05) is 17.7 Å². The minimum Gasteiger partial charge on any atom is -0.381 e. The lowest BCUT2D eigenvalue weighted by atomic mass is 9.90. The van der Waals surface area contributed by atoms with E-state index in [9.17, 15) is 13.2 Å². The molecular formula is C19H23N3O4S. The fourth-order valence-corrected chi connectivity index (χ4v) is 3.83. The number of sulfonamides is 1. The minimum atomic E-state index is -3.66. The number of carbonyl (C=O) groups is 1. The first-order chi connectivity index (χ1) is 12.8. The molecule has 1 aliphatic heterocycles. The summed E-state index contributed by atoms with van der Waals surface area (Å²) in [7, 11) is -3.66. The van der Waals surface area contributed by atoms with Crippen molar-refractivity contribution in [2.75, 3.05) is 23.3 Å². The third kappa shape index (κ3) is 4.65. The Labute approximate surface area is 159 Å². The lowest BCUT2D eigenvalue weighted by molar-refractivity contribution is -0.124. The maximum atomic E-state index is 12.4. The van der Waals surface area contributed by atoms with Crippen molar-refractivity contribution < 1.29 is 17.9 Å². The van der Waals surface area contributed by atoms with Crippen LogP contribution in [0.25, 0.3) is 0 Å². The van der Waals surface area contributed by atoms with Gasteiger partial charge >= 0.3 is 0 Å². The molecule has 1 heterocycles. The second kappa shape index (κ2) is 7.67. The Hall–Kier alpha value is -2.42. The molecule has 4 N–H and O–H groups in total. The zero-order chi connectivity index (χ0) is 19.5. The van der Waals surface area contributed by atoms with Gasteiger partial charge in [-0.25, -0.2) is 8.42 Å². The van der Waals surface area contributed by atoms with Crippen molar-refractivity contribution >= 4 is 27.3 Å². The van der Waals surface area contributed by atoms with E-state index in [0.717, 1.165) is 5.56 Å². The molecule has 1 saturated heterocycles. The van der Waals surface area contributed by atoms with Gasteiger partial charge < -0.3 is 15.8 Å². The van der Waals surface area contributed by atoms with E-state index < -0.39 is 15.6 Å². The van der Waals surface area contributed by atoms with Gasteiger partial charge in [-0.2, -0.15) is 0 Å². The highest BCUT2D eigenvalue weighted by Crippen LogP contribution is 2.22. The van der Waals surface area contributed by atoms with Crippen LogP contribution in [-0.2, 0) is 19.6 Å². The molecule has 0 atom stereocenters. The highest BCUT2D eigenvalue weighted by molar-refractivity contribution is 7.92. The third-order valence-electron chi connectivity index (χ3n) is 4.56. The first kappa shape index (κ1) is 19.3. The van der Waals surface area contributed by atoms with Gasteiger partial charge in [0, 0.05) is 24.6 Å². The molecule has 0 saturated carbocycles. The van der Waals surface area contributed by atoms with Crippen molar-refractivity contribution in [1.82, 2.24) is 0 Å². The molecule has 0 radical (unpaired) electrons. The van der Waals surface area contributed by atoms with Crippen LogP contribution in [0.4, 0.5) is 11.4 Å². The van der Waals surface area contributed by atoms with E-state index in [-0.39, 0.29) is 10.8 Å². The number of rotatable bonds is 5. The average Bonchev–Trinajstić information content (AvgIpc) is 2.64. The van der Waals surface area contributed by atoms with Crippen LogP contribution >= 0.6 is 0 Å². The van der Waals surface area contributed by atoms with Crippen LogP contribution in [0.1, 0.15) is 18.4 Å². The summed E-state index contributed by atoms with van der Waals surface area (Å²) < 4.78 is 32.6. The van der Waals surface area contributed by atoms with Crippen molar-refractivity contribution in [3.63, 3.8) is 0 Å². The average molecular weight is 389 g/mol. The van der Waals surface area contributed by atoms with Gasteiger partial charge in [-0.3, -0.25) is 9.52 Å². The topological polar surface area (TPSA) is 111 Å². The largest absolute Gasteiger partial charge is 0.381 e. The Balaban J connectivity index is 1.66. The number of hydrogen-bond donors (Lipinski definition) is 3. The number of hydrogen-bond acceptors (Lipinski definition) is 5. The number of aryl methyl sites for hydroxylation is 1. The number of benzene rings is 2. The molecule has 1 amide bonds. The predicted molar refractivity (Wildman–Crippen MR) is 104 cm³/mol. The van der Waals surface area contributed by atoms with Crippen LogP contribution in [0.2, 0.25) is 0 Å². The van der Waals surface area contributed by atoms with E-state index in [4.69, 9.17) is 10.5 Å². The van der Waals surface area contributed by atoms with Gasteiger partial charge in [0.15, 0.2) is 0 Å². The number of carbonyl (C=O) groups excluding carboxylic acids is 1. The number of anilines is 2. The third-order valence-corrected chi connectivity index (χ3v) is 5.96. The fourth-order valence-electron chi connectivity index (χ4n) is 2.77. The SMILES string of the molecule is Cc1ccc(S(=O)(=O)Nc2ccc(NC(=O)C3(N)CCOCC3)cc2)cc1. The van der Waals surface area contributed by atoms with Crippen LogP contribution < -0.4 is 15.8 Å². The molecule has 27 heavy (non-hydrogen) atoms. The molecule has 144 valence electrons.